The van der Waals surface area contributed by atoms with Gasteiger partial charge in [0.15, 0.2) is 5.65 Å². The van der Waals surface area contributed by atoms with E-state index < -0.39 is 0 Å². The van der Waals surface area contributed by atoms with Crippen LogP contribution in [-0.2, 0) is 5.75 Å². The van der Waals surface area contributed by atoms with Crippen molar-refractivity contribution in [1.29, 1.82) is 0 Å². The summed E-state index contributed by atoms with van der Waals surface area (Å²) in [5.41, 5.74) is 3.37. The van der Waals surface area contributed by atoms with Gasteiger partial charge < -0.3 is 0 Å². The van der Waals surface area contributed by atoms with Crippen LogP contribution in [0.1, 0.15) is 30.0 Å². The molecule has 0 spiro atoms. The second-order valence-corrected chi connectivity index (χ2v) is 4.00. The van der Waals surface area contributed by atoms with E-state index >= 15 is 0 Å². The first-order valence-corrected chi connectivity index (χ1v) is 5.46. The van der Waals surface area contributed by atoms with Crippen LogP contribution in [0.2, 0.25) is 0 Å². The standard InChI is InChI=1S/C10H11N3S/c14-6-8-9(7-2-3-7)12-13-5-1-4-11-10(8)13/h1,4-5,7,14H,2-3,6H2. The highest BCUT2D eigenvalue weighted by Crippen LogP contribution is 2.41. The van der Waals surface area contributed by atoms with Crippen LogP contribution >= 0.6 is 12.6 Å². The van der Waals surface area contributed by atoms with Gasteiger partial charge in [-0.1, -0.05) is 0 Å². The molecule has 2 heterocycles. The third-order valence-corrected chi connectivity index (χ3v) is 2.96. The van der Waals surface area contributed by atoms with Crippen molar-refractivity contribution in [3.63, 3.8) is 0 Å². The highest BCUT2D eigenvalue weighted by Gasteiger charge is 2.29. The summed E-state index contributed by atoms with van der Waals surface area (Å²) in [6, 6.07) is 1.90. The van der Waals surface area contributed by atoms with Crippen LogP contribution in [-0.4, -0.2) is 14.6 Å². The third kappa shape index (κ3) is 1.14. The van der Waals surface area contributed by atoms with Crippen molar-refractivity contribution in [2.45, 2.75) is 24.5 Å². The fraction of sp³-hybridized carbons (Fsp3) is 0.400. The second kappa shape index (κ2) is 2.98. The molecule has 0 aliphatic heterocycles. The van der Waals surface area contributed by atoms with E-state index in [0.717, 1.165) is 11.4 Å². The van der Waals surface area contributed by atoms with Crippen molar-refractivity contribution in [1.82, 2.24) is 14.6 Å². The molecule has 0 unspecified atom stereocenters. The highest BCUT2D eigenvalue weighted by atomic mass is 32.1. The van der Waals surface area contributed by atoms with Crippen LogP contribution in [0.3, 0.4) is 0 Å². The van der Waals surface area contributed by atoms with Gasteiger partial charge in [0.2, 0.25) is 0 Å². The maximum Gasteiger partial charge on any atom is 0.159 e. The Morgan fingerprint density at radius 2 is 2.36 bits per heavy atom. The molecule has 3 nitrogen and oxygen atoms in total. The maximum atomic E-state index is 4.55. The third-order valence-electron chi connectivity index (χ3n) is 2.64. The van der Waals surface area contributed by atoms with Crippen LogP contribution in [0.4, 0.5) is 0 Å². The van der Waals surface area contributed by atoms with Crippen molar-refractivity contribution < 1.29 is 0 Å². The molecule has 2 aromatic rings. The van der Waals surface area contributed by atoms with E-state index in [0.29, 0.717) is 5.92 Å². The summed E-state index contributed by atoms with van der Waals surface area (Å²) >= 11 is 4.35. The Balaban J connectivity index is 2.28. The van der Waals surface area contributed by atoms with Gasteiger partial charge in [-0.05, 0) is 18.9 Å². The quantitative estimate of drug-likeness (QED) is 0.760. The Morgan fingerprint density at radius 1 is 1.50 bits per heavy atom. The molecule has 14 heavy (non-hydrogen) atoms. The number of hydrogen-bond acceptors (Lipinski definition) is 3. The molecule has 1 aliphatic rings. The lowest BCUT2D eigenvalue weighted by Gasteiger charge is -1.94. The molecule has 0 amide bonds. The first-order chi connectivity index (χ1) is 6.90. The molecule has 3 rings (SSSR count). The first kappa shape index (κ1) is 8.29. The minimum atomic E-state index is 0.666. The molecule has 0 N–H and O–H groups in total. The predicted molar refractivity (Wildman–Crippen MR) is 57.7 cm³/mol. The zero-order valence-electron chi connectivity index (χ0n) is 7.72. The van der Waals surface area contributed by atoms with Crippen LogP contribution < -0.4 is 0 Å². The van der Waals surface area contributed by atoms with Gasteiger partial charge in [-0.25, -0.2) is 9.50 Å². The normalized spacial score (nSPS) is 16.4. The van der Waals surface area contributed by atoms with Gasteiger partial charge in [0, 0.05) is 29.6 Å². The summed E-state index contributed by atoms with van der Waals surface area (Å²) in [5, 5.41) is 4.55. The smallest absolute Gasteiger partial charge is 0.159 e. The number of aromatic nitrogens is 3. The van der Waals surface area contributed by atoms with Crippen LogP contribution in [0.15, 0.2) is 18.5 Å². The fourth-order valence-electron chi connectivity index (χ4n) is 1.79. The lowest BCUT2D eigenvalue weighted by atomic mass is 10.2. The summed E-state index contributed by atoms with van der Waals surface area (Å²) in [4.78, 5) is 4.33. The Morgan fingerprint density at radius 3 is 3.07 bits per heavy atom. The van der Waals surface area contributed by atoms with Gasteiger partial charge in [0.1, 0.15) is 0 Å². The SMILES string of the molecule is SCc1c(C2CC2)nn2cccnc12. The Kier molecular flexibility index (Phi) is 1.77. The molecule has 1 saturated carbocycles. The topological polar surface area (TPSA) is 30.2 Å². The summed E-state index contributed by atoms with van der Waals surface area (Å²) in [7, 11) is 0. The zero-order chi connectivity index (χ0) is 9.54. The molecule has 1 aliphatic carbocycles. The number of nitrogens with zero attached hydrogens (tertiary/aromatic N) is 3. The van der Waals surface area contributed by atoms with Gasteiger partial charge in [0.25, 0.3) is 0 Å². The first-order valence-electron chi connectivity index (χ1n) is 4.83. The minimum Gasteiger partial charge on any atom is -0.237 e. The van der Waals surface area contributed by atoms with Crippen molar-refractivity contribution in [3.05, 3.63) is 29.7 Å². The van der Waals surface area contributed by atoms with Gasteiger partial charge in [-0.15, -0.1) is 0 Å². The van der Waals surface area contributed by atoms with Crippen molar-refractivity contribution in [2.24, 2.45) is 0 Å². The van der Waals surface area contributed by atoms with Crippen molar-refractivity contribution >= 4 is 18.3 Å². The second-order valence-electron chi connectivity index (χ2n) is 3.68. The van der Waals surface area contributed by atoms with E-state index in [1.54, 1.807) is 6.20 Å². The molecule has 72 valence electrons. The molecular weight excluding hydrogens is 194 g/mol. The molecule has 2 aromatic heterocycles. The van der Waals surface area contributed by atoms with Gasteiger partial charge in [0.05, 0.1) is 5.69 Å². The Bertz CT molecular complexity index is 473. The fourth-order valence-corrected chi connectivity index (χ4v) is 2.09. The summed E-state index contributed by atoms with van der Waals surface area (Å²) < 4.78 is 1.86. The van der Waals surface area contributed by atoms with Crippen LogP contribution in [0.5, 0.6) is 0 Å². The van der Waals surface area contributed by atoms with E-state index in [2.05, 4.69) is 22.7 Å². The average molecular weight is 205 g/mol. The minimum absolute atomic E-state index is 0.666. The number of hydrogen-bond donors (Lipinski definition) is 1. The number of rotatable bonds is 2. The molecule has 0 aromatic carbocycles. The largest absolute Gasteiger partial charge is 0.237 e. The molecule has 0 saturated heterocycles. The molecule has 0 radical (unpaired) electrons. The Hall–Kier alpha value is -1.03. The molecular formula is C10H11N3S. The van der Waals surface area contributed by atoms with E-state index in [4.69, 9.17) is 0 Å². The van der Waals surface area contributed by atoms with E-state index in [1.165, 1.54) is 24.1 Å². The molecule has 4 heteroatoms. The summed E-state index contributed by atoms with van der Waals surface area (Å²) in [6.07, 6.45) is 6.29. The lowest BCUT2D eigenvalue weighted by molar-refractivity contribution is 0.879. The van der Waals surface area contributed by atoms with Crippen molar-refractivity contribution in [2.75, 3.05) is 0 Å². The average Bonchev–Trinajstić information content (AvgIpc) is 2.99. The van der Waals surface area contributed by atoms with Crippen molar-refractivity contribution in [3.8, 4) is 0 Å². The maximum absolute atomic E-state index is 4.55. The van der Waals surface area contributed by atoms with E-state index in [-0.39, 0.29) is 0 Å². The molecule has 1 fully saturated rings. The van der Waals surface area contributed by atoms with Gasteiger partial charge >= 0.3 is 0 Å². The zero-order valence-corrected chi connectivity index (χ0v) is 8.61. The summed E-state index contributed by atoms with van der Waals surface area (Å²) in [5.74, 6) is 1.39. The van der Waals surface area contributed by atoms with Crippen LogP contribution in [0, 0.1) is 0 Å². The van der Waals surface area contributed by atoms with Gasteiger partial charge in [-0.2, -0.15) is 17.7 Å². The van der Waals surface area contributed by atoms with Gasteiger partial charge in [-0.3, -0.25) is 0 Å². The van der Waals surface area contributed by atoms with E-state index in [9.17, 15) is 0 Å². The number of fused-ring (bicyclic) bond motifs is 1. The monoisotopic (exact) mass is 205 g/mol. The van der Waals surface area contributed by atoms with E-state index in [1.807, 2.05) is 16.8 Å². The summed E-state index contributed by atoms with van der Waals surface area (Å²) in [6.45, 7) is 0. The lowest BCUT2D eigenvalue weighted by Crippen LogP contribution is -1.87. The molecule has 0 atom stereocenters. The number of thiol groups is 1. The molecule has 0 bridgehead atoms. The highest BCUT2D eigenvalue weighted by molar-refractivity contribution is 7.79. The Labute approximate surface area is 87.6 Å². The predicted octanol–water partition coefficient (Wildman–Crippen LogP) is 2.04. The van der Waals surface area contributed by atoms with Crippen LogP contribution in [0.25, 0.3) is 5.65 Å².